The molecular weight excluding hydrogens is 288 g/mol. The Balaban J connectivity index is 1.49. The van der Waals surface area contributed by atoms with Crippen molar-refractivity contribution in [3.05, 3.63) is 39.9 Å². The fourth-order valence-corrected chi connectivity index (χ4v) is 6.67. The van der Waals surface area contributed by atoms with Crippen LogP contribution in [0, 0.1) is 26.9 Å². The molecule has 4 bridgehead atoms. The predicted octanol–water partition coefficient (Wildman–Crippen LogP) is 4.43. The third-order valence-corrected chi connectivity index (χ3v) is 6.44. The van der Waals surface area contributed by atoms with E-state index < -0.39 is 0 Å². The Kier molecular flexibility index (Phi) is 3.15. The zero-order chi connectivity index (χ0) is 16.3. The predicted molar refractivity (Wildman–Crippen MR) is 90.1 cm³/mol. The SMILES string of the molecule is CC12CC3CC(C)(C1)CC(NCc1ccc([N+](=O)[O-])cc1)(C3)C2. The maximum Gasteiger partial charge on any atom is 0.269 e. The second-order valence-electron chi connectivity index (χ2n) is 9.19. The summed E-state index contributed by atoms with van der Waals surface area (Å²) in [6.07, 6.45) is 8.09. The molecule has 2 atom stereocenters. The lowest BCUT2D eigenvalue weighted by Gasteiger charge is -2.65. The van der Waals surface area contributed by atoms with E-state index in [9.17, 15) is 10.1 Å². The van der Waals surface area contributed by atoms with E-state index in [0.717, 1.165) is 18.0 Å². The highest BCUT2D eigenvalue weighted by Crippen LogP contribution is 2.66. The number of non-ortho nitro benzene ring substituents is 1. The van der Waals surface area contributed by atoms with Crippen molar-refractivity contribution >= 4 is 5.69 Å². The molecule has 5 rings (SSSR count). The first kappa shape index (κ1) is 15.1. The molecule has 4 fully saturated rings. The largest absolute Gasteiger partial charge is 0.307 e. The molecule has 0 saturated heterocycles. The van der Waals surface area contributed by atoms with E-state index in [4.69, 9.17) is 0 Å². The first-order chi connectivity index (χ1) is 10.8. The Labute approximate surface area is 137 Å². The maximum atomic E-state index is 10.8. The summed E-state index contributed by atoms with van der Waals surface area (Å²) in [5.41, 5.74) is 2.61. The third-order valence-electron chi connectivity index (χ3n) is 6.44. The number of nitrogens with one attached hydrogen (secondary N) is 1. The van der Waals surface area contributed by atoms with Gasteiger partial charge < -0.3 is 5.32 Å². The second-order valence-corrected chi connectivity index (χ2v) is 9.19. The molecule has 4 saturated carbocycles. The molecule has 124 valence electrons. The Hall–Kier alpha value is -1.42. The van der Waals surface area contributed by atoms with Crippen molar-refractivity contribution in [2.75, 3.05) is 0 Å². The molecule has 4 heteroatoms. The number of nitro groups is 1. The minimum atomic E-state index is -0.335. The molecule has 2 unspecified atom stereocenters. The fraction of sp³-hybridized carbons (Fsp3) is 0.684. The average Bonchev–Trinajstić information content (AvgIpc) is 2.42. The van der Waals surface area contributed by atoms with E-state index in [1.54, 1.807) is 12.1 Å². The summed E-state index contributed by atoms with van der Waals surface area (Å²) in [4.78, 5) is 10.4. The molecule has 0 amide bonds. The Morgan fingerprint density at radius 1 is 1.09 bits per heavy atom. The lowest BCUT2D eigenvalue weighted by atomic mass is 9.43. The normalized spacial score (nSPS) is 41.2. The molecule has 4 aliphatic carbocycles. The van der Waals surface area contributed by atoms with Crippen LogP contribution in [0.4, 0.5) is 5.69 Å². The van der Waals surface area contributed by atoms with Crippen LogP contribution in [0.15, 0.2) is 24.3 Å². The lowest BCUT2D eigenvalue weighted by Crippen LogP contribution is -2.63. The van der Waals surface area contributed by atoms with Gasteiger partial charge in [0.15, 0.2) is 0 Å². The van der Waals surface area contributed by atoms with Gasteiger partial charge in [0.05, 0.1) is 4.92 Å². The first-order valence-corrected chi connectivity index (χ1v) is 8.77. The summed E-state index contributed by atoms with van der Waals surface area (Å²) in [5, 5.41) is 14.6. The van der Waals surface area contributed by atoms with Crippen LogP contribution in [-0.4, -0.2) is 10.5 Å². The van der Waals surface area contributed by atoms with Crippen molar-refractivity contribution in [3.8, 4) is 0 Å². The van der Waals surface area contributed by atoms with Gasteiger partial charge in [-0.2, -0.15) is 0 Å². The van der Waals surface area contributed by atoms with E-state index in [2.05, 4.69) is 19.2 Å². The zero-order valence-electron chi connectivity index (χ0n) is 14.1. The number of nitrogens with zero attached hydrogens (tertiary/aromatic N) is 1. The highest BCUT2D eigenvalue weighted by Gasteiger charge is 2.59. The highest BCUT2D eigenvalue weighted by molar-refractivity contribution is 5.33. The van der Waals surface area contributed by atoms with Gasteiger partial charge in [0, 0.05) is 24.2 Å². The van der Waals surface area contributed by atoms with E-state index >= 15 is 0 Å². The van der Waals surface area contributed by atoms with Gasteiger partial charge in [0.1, 0.15) is 0 Å². The van der Waals surface area contributed by atoms with E-state index in [1.807, 2.05) is 12.1 Å². The van der Waals surface area contributed by atoms with Gasteiger partial charge in [0.2, 0.25) is 0 Å². The molecule has 4 aliphatic rings. The number of hydrogen-bond donors (Lipinski definition) is 1. The van der Waals surface area contributed by atoms with Crippen LogP contribution >= 0.6 is 0 Å². The van der Waals surface area contributed by atoms with Crippen LogP contribution in [0.1, 0.15) is 57.9 Å². The minimum absolute atomic E-state index is 0.170. The molecular formula is C19H26N2O2. The van der Waals surface area contributed by atoms with Gasteiger partial charge in [-0.1, -0.05) is 26.0 Å². The van der Waals surface area contributed by atoms with Gasteiger partial charge in [-0.05, 0) is 60.8 Å². The summed E-state index contributed by atoms with van der Waals surface area (Å²) in [7, 11) is 0. The van der Waals surface area contributed by atoms with Crippen molar-refractivity contribution in [3.63, 3.8) is 0 Å². The Morgan fingerprint density at radius 2 is 1.70 bits per heavy atom. The molecule has 0 aliphatic heterocycles. The molecule has 0 aromatic heterocycles. The van der Waals surface area contributed by atoms with Crippen LogP contribution in [0.5, 0.6) is 0 Å². The van der Waals surface area contributed by atoms with Crippen LogP contribution in [0.3, 0.4) is 0 Å². The van der Waals surface area contributed by atoms with Crippen LogP contribution in [-0.2, 0) is 6.54 Å². The Morgan fingerprint density at radius 3 is 2.22 bits per heavy atom. The van der Waals surface area contributed by atoms with Gasteiger partial charge in [-0.25, -0.2) is 0 Å². The summed E-state index contributed by atoms with van der Waals surface area (Å²) >= 11 is 0. The lowest BCUT2D eigenvalue weighted by molar-refractivity contribution is -0.384. The summed E-state index contributed by atoms with van der Waals surface area (Å²) in [5.74, 6) is 0.880. The summed E-state index contributed by atoms with van der Waals surface area (Å²) in [6, 6.07) is 6.99. The van der Waals surface area contributed by atoms with Crippen molar-refractivity contribution in [2.24, 2.45) is 16.7 Å². The molecule has 1 N–H and O–H groups in total. The van der Waals surface area contributed by atoms with Crippen LogP contribution in [0.2, 0.25) is 0 Å². The number of rotatable bonds is 4. The standard InChI is InChI=1S/C19H26N2O2/c1-17-7-15-8-18(2,11-17)13-19(9-15,12-17)20-10-14-3-5-16(6-4-14)21(22)23/h3-6,15,20H,7-13H2,1-2H3. The first-order valence-electron chi connectivity index (χ1n) is 8.77. The number of benzene rings is 1. The van der Waals surface area contributed by atoms with Gasteiger partial charge >= 0.3 is 0 Å². The fourth-order valence-electron chi connectivity index (χ4n) is 6.67. The molecule has 1 aromatic rings. The van der Waals surface area contributed by atoms with Crippen molar-refractivity contribution in [1.29, 1.82) is 0 Å². The molecule has 0 radical (unpaired) electrons. The average molecular weight is 314 g/mol. The quantitative estimate of drug-likeness (QED) is 0.660. The van der Waals surface area contributed by atoms with Gasteiger partial charge in [-0.3, -0.25) is 10.1 Å². The minimum Gasteiger partial charge on any atom is -0.307 e. The van der Waals surface area contributed by atoms with Crippen molar-refractivity contribution < 1.29 is 4.92 Å². The Bertz CT molecular complexity index is 621. The summed E-state index contributed by atoms with van der Waals surface area (Å²) in [6.45, 7) is 5.78. The molecule has 4 nitrogen and oxygen atoms in total. The topological polar surface area (TPSA) is 55.2 Å². The smallest absolute Gasteiger partial charge is 0.269 e. The summed E-state index contributed by atoms with van der Waals surface area (Å²) < 4.78 is 0. The number of hydrogen-bond acceptors (Lipinski definition) is 3. The van der Waals surface area contributed by atoms with E-state index in [0.29, 0.717) is 10.8 Å². The molecule has 0 spiro atoms. The third kappa shape index (κ3) is 2.67. The zero-order valence-corrected chi connectivity index (χ0v) is 14.1. The maximum absolute atomic E-state index is 10.8. The monoisotopic (exact) mass is 314 g/mol. The van der Waals surface area contributed by atoms with Crippen molar-refractivity contribution in [2.45, 2.75) is 64.5 Å². The molecule has 0 heterocycles. The van der Waals surface area contributed by atoms with E-state index in [1.165, 1.54) is 38.5 Å². The van der Waals surface area contributed by atoms with Crippen LogP contribution in [0.25, 0.3) is 0 Å². The number of nitro benzene ring substituents is 1. The molecule has 23 heavy (non-hydrogen) atoms. The van der Waals surface area contributed by atoms with Gasteiger partial charge in [-0.15, -0.1) is 0 Å². The van der Waals surface area contributed by atoms with Crippen LogP contribution < -0.4 is 5.32 Å². The van der Waals surface area contributed by atoms with Crippen molar-refractivity contribution in [1.82, 2.24) is 5.32 Å². The van der Waals surface area contributed by atoms with Gasteiger partial charge in [0.25, 0.3) is 5.69 Å². The molecule has 1 aromatic carbocycles. The highest BCUT2D eigenvalue weighted by atomic mass is 16.6. The second kappa shape index (κ2) is 4.79. The van der Waals surface area contributed by atoms with E-state index in [-0.39, 0.29) is 16.1 Å².